The molecule has 1 aliphatic heterocycles. The zero-order valence-electron chi connectivity index (χ0n) is 12.4. The second kappa shape index (κ2) is 6.37. The molecule has 8 nitrogen and oxygen atoms in total. The number of nitro groups is 1. The lowest BCUT2D eigenvalue weighted by molar-refractivity contribution is -0.385. The highest BCUT2D eigenvalue weighted by molar-refractivity contribution is 5.99. The summed E-state index contributed by atoms with van der Waals surface area (Å²) in [6.45, 7) is -0.0705. The van der Waals surface area contributed by atoms with Crippen LogP contribution in [0.3, 0.4) is 0 Å². The molecule has 2 N–H and O–H groups in total. The number of rotatable bonds is 4. The number of amides is 2. The van der Waals surface area contributed by atoms with Crippen LogP contribution in [0.25, 0.3) is 0 Å². The summed E-state index contributed by atoms with van der Waals surface area (Å²) in [6.07, 6.45) is 0. The number of benzene rings is 2. The number of ether oxygens (including phenoxy) is 1. The molecule has 0 radical (unpaired) electrons. The predicted octanol–water partition coefficient (Wildman–Crippen LogP) is 1.86. The Bertz CT molecular complexity index is 834. The molecule has 2 aromatic rings. The van der Waals surface area contributed by atoms with E-state index in [1.54, 1.807) is 30.3 Å². The van der Waals surface area contributed by atoms with Crippen molar-refractivity contribution in [3.05, 3.63) is 63.7 Å². The normalized spacial score (nSPS) is 12.6. The van der Waals surface area contributed by atoms with E-state index in [2.05, 4.69) is 10.6 Å². The molecule has 0 atom stereocenters. The Labute approximate surface area is 136 Å². The summed E-state index contributed by atoms with van der Waals surface area (Å²) >= 11 is 0. The molecule has 0 saturated carbocycles. The summed E-state index contributed by atoms with van der Waals surface area (Å²) in [5.74, 6) is -0.236. The fraction of sp³-hybridized carbons (Fsp3) is 0.125. The average Bonchev–Trinajstić information content (AvgIpc) is 2.59. The monoisotopic (exact) mass is 327 g/mol. The van der Waals surface area contributed by atoms with Crippen LogP contribution < -0.4 is 15.4 Å². The summed E-state index contributed by atoms with van der Waals surface area (Å²) in [5.41, 5.74) is 1.21. The Kier molecular flexibility index (Phi) is 4.11. The van der Waals surface area contributed by atoms with Crippen molar-refractivity contribution >= 4 is 23.2 Å². The molecule has 3 rings (SSSR count). The molecule has 2 aromatic carbocycles. The van der Waals surface area contributed by atoms with E-state index in [1.807, 2.05) is 0 Å². The molecule has 24 heavy (non-hydrogen) atoms. The lowest BCUT2D eigenvalue weighted by Crippen LogP contribution is -2.26. The van der Waals surface area contributed by atoms with Crippen molar-refractivity contribution < 1.29 is 19.2 Å². The van der Waals surface area contributed by atoms with Crippen molar-refractivity contribution in [2.24, 2.45) is 0 Å². The first-order chi connectivity index (χ1) is 11.5. The van der Waals surface area contributed by atoms with E-state index < -0.39 is 10.8 Å². The topological polar surface area (TPSA) is 111 Å². The van der Waals surface area contributed by atoms with Crippen LogP contribution in [0.1, 0.15) is 15.9 Å². The van der Waals surface area contributed by atoms with Crippen LogP contribution in [-0.4, -0.2) is 23.3 Å². The number of hydrogen-bond donors (Lipinski definition) is 2. The Balaban J connectivity index is 1.72. The van der Waals surface area contributed by atoms with Gasteiger partial charge in [0.2, 0.25) is 0 Å². The Hall–Kier alpha value is -3.42. The largest absolute Gasteiger partial charge is 0.482 e. The van der Waals surface area contributed by atoms with Gasteiger partial charge in [-0.25, -0.2) is 0 Å². The number of para-hydroxylation sites is 1. The average molecular weight is 327 g/mol. The minimum absolute atomic E-state index is 0.0324. The third-order valence-electron chi connectivity index (χ3n) is 3.50. The van der Waals surface area contributed by atoms with Gasteiger partial charge in [0, 0.05) is 23.7 Å². The van der Waals surface area contributed by atoms with Gasteiger partial charge >= 0.3 is 0 Å². The third kappa shape index (κ3) is 3.17. The summed E-state index contributed by atoms with van der Waals surface area (Å²) in [7, 11) is 0. The molecular weight excluding hydrogens is 314 g/mol. The first-order valence-corrected chi connectivity index (χ1v) is 7.12. The maximum absolute atomic E-state index is 12.2. The Morgan fingerprint density at radius 1 is 1.29 bits per heavy atom. The quantitative estimate of drug-likeness (QED) is 0.658. The molecular formula is C16H13N3O5. The van der Waals surface area contributed by atoms with E-state index in [4.69, 9.17) is 4.74 Å². The number of anilines is 1. The Morgan fingerprint density at radius 2 is 2.08 bits per heavy atom. The second-order valence-electron chi connectivity index (χ2n) is 5.12. The highest BCUT2D eigenvalue weighted by Gasteiger charge is 2.18. The summed E-state index contributed by atoms with van der Waals surface area (Å²) in [6, 6.07) is 10.8. The summed E-state index contributed by atoms with van der Waals surface area (Å²) in [5, 5.41) is 16.2. The summed E-state index contributed by atoms with van der Waals surface area (Å²) < 4.78 is 5.26. The van der Waals surface area contributed by atoms with E-state index in [1.165, 1.54) is 12.1 Å². The van der Waals surface area contributed by atoms with E-state index in [0.29, 0.717) is 22.6 Å². The number of carbonyl (C=O) groups excluding carboxylic acids is 2. The highest BCUT2D eigenvalue weighted by atomic mass is 16.6. The number of carbonyl (C=O) groups is 2. The molecule has 0 saturated heterocycles. The van der Waals surface area contributed by atoms with Crippen LogP contribution in [0, 0.1) is 10.1 Å². The van der Waals surface area contributed by atoms with Crippen molar-refractivity contribution in [3.8, 4) is 5.75 Å². The van der Waals surface area contributed by atoms with Crippen LogP contribution in [0.4, 0.5) is 11.4 Å². The maximum atomic E-state index is 12.2. The van der Waals surface area contributed by atoms with Crippen molar-refractivity contribution in [2.75, 3.05) is 11.9 Å². The van der Waals surface area contributed by atoms with Gasteiger partial charge in [0.25, 0.3) is 17.5 Å². The minimum Gasteiger partial charge on any atom is -0.482 e. The molecule has 1 aliphatic rings. The smallest absolute Gasteiger partial charge is 0.274 e. The fourth-order valence-corrected chi connectivity index (χ4v) is 2.33. The lowest BCUT2D eigenvalue weighted by Gasteiger charge is -2.18. The van der Waals surface area contributed by atoms with E-state index in [0.717, 1.165) is 0 Å². The number of nitrogens with zero attached hydrogens (tertiary/aromatic N) is 1. The summed E-state index contributed by atoms with van der Waals surface area (Å²) in [4.78, 5) is 33.9. The molecule has 0 bridgehead atoms. The molecule has 0 aromatic heterocycles. The molecule has 0 spiro atoms. The molecule has 8 heteroatoms. The molecule has 0 fully saturated rings. The van der Waals surface area contributed by atoms with Crippen LogP contribution in [0.2, 0.25) is 0 Å². The fourth-order valence-electron chi connectivity index (χ4n) is 2.33. The molecule has 122 valence electrons. The first-order valence-electron chi connectivity index (χ1n) is 7.12. The van der Waals surface area contributed by atoms with Crippen LogP contribution in [0.5, 0.6) is 5.75 Å². The number of nitro benzene ring substituents is 1. The van der Waals surface area contributed by atoms with Gasteiger partial charge in [-0.3, -0.25) is 19.7 Å². The van der Waals surface area contributed by atoms with Crippen molar-refractivity contribution in [1.82, 2.24) is 5.32 Å². The van der Waals surface area contributed by atoms with Gasteiger partial charge in [0.15, 0.2) is 6.61 Å². The maximum Gasteiger partial charge on any atom is 0.274 e. The van der Waals surface area contributed by atoms with Gasteiger partial charge in [-0.2, -0.15) is 0 Å². The number of nitrogens with one attached hydrogen (secondary N) is 2. The molecule has 2 amide bonds. The van der Waals surface area contributed by atoms with Gasteiger partial charge < -0.3 is 15.4 Å². The van der Waals surface area contributed by atoms with Gasteiger partial charge in [-0.1, -0.05) is 18.2 Å². The number of fused-ring (bicyclic) bond motifs is 1. The molecule has 1 heterocycles. The lowest BCUT2D eigenvalue weighted by atomic mass is 10.1. The van der Waals surface area contributed by atoms with E-state index >= 15 is 0 Å². The SMILES string of the molecule is O=C1COc2cc(C(=O)NCc3ccccc3[N+](=O)[O-])ccc2N1. The second-order valence-corrected chi connectivity index (χ2v) is 5.12. The van der Waals surface area contributed by atoms with E-state index in [-0.39, 0.29) is 24.7 Å². The molecule has 0 aliphatic carbocycles. The Morgan fingerprint density at radius 3 is 2.88 bits per heavy atom. The third-order valence-corrected chi connectivity index (χ3v) is 3.50. The van der Waals surface area contributed by atoms with Crippen LogP contribution in [0.15, 0.2) is 42.5 Å². The van der Waals surface area contributed by atoms with Crippen molar-refractivity contribution in [1.29, 1.82) is 0 Å². The van der Waals surface area contributed by atoms with Crippen molar-refractivity contribution in [2.45, 2.75) is 6.54 Å². The minimum atomic E-state index is -0.489. The standard InChI is InChI=1S/C16H13N3O5/c20-15-9-24-14-7-10(5-6-12(14)18-15)16(21)17-8-11-3-1-2-4-13(11)19(22)23/h1-7H,8-9H2,(H,17,21)(H,18,20). The first kappa shape index (κ1) is 15.5. The zero-order valence-corrected chi connectivity index (χ0v) is 12.4. The van der Waals surface area contributed by atoms with Crippen molar-refractivity contribution in [3.63, 3.8) is 0 Å². The highest BCUT2D eigenvalue weighted by Crippen LogP contribution is 2.28. The predicted molar refractivity (Wildman–Crippen MR) is 84.8 cm³/mol. The number of hydrogen-bond acceptors (Lipinski definition) is 5. The van der Waals surface area contributed by atoms with Gasteiger partial charge in [0.05, 0.1) is 10.6 Å². The van der Waals surface area contributed by atoms with Gasteiger partial charge in [0.1, 0.15) is 5.75 Å². The van der Waals surface area contributed by atoms with Gasteiger partial charge in [-0.15, -0.1) is 0 Å². The van der Waals surface area contributed by atoms with E-state index in [9.17, 15) is 19.7 Å². The van der Waals surface area contributed by atoms with Crippen LogP contribution in [-0.2, 0) is 11.3 Å². The molecule has 0 unspecified atom stereocenters. The van der Waals surface area contributed by atoms with Crippen LogP contribution >= 0.6 is 0 Å². The van der Waals surface area contributed by atoms with Gasteiger partial charge in [-0.05, 0) is 18.2 Å². The zero-order chi connectivity index (χ0) is 17.1.